The zero-order valence-electron chi connectivity index (χ0n) is 8.08. The predicted octanol–water partition coefficient (Wildman–Crippen LogP) is -0.188. The van der Waals surface area contributed by atoms with Crippen molar-refractivity contribution in [1.82, 2.24) is 10.3 Å². The summed E-state index contributed by atoms with van der Waals surface area (Å²) in [4.78, 5) is 14.8. The molecule has 0 saturated heterocycles. The SMILES string of the molecule is CNCCNc1ccc(C(N)=O)cn1. The molecule has 5 nitrogen and oxygen atoms in total. The molecule has 0 fully saturated rings. The lowest BCUT2D eigenvalue weighted by molar-refractivity contribution is 0.1000. The molecule has 0 aliphatic heterocycles. The highest BCUT2D eigenvalue weighted by Crippen LogP contribution is 2.03. The van der Waals surface area contributed by atoms with Crippen LogP contribution in [0.25, 0.3) is 0 Å². The Morgan fingerprint density at radius 2 is 2.29 bits per heavy atom. The van der Waals surface area contributed by atoms with Crippen molar-refractivity contribution < 1.29 is 4.79 Å². The van der Waals surface area contributed by atoms with Crippen molar-refractivity contribution in [2.24, 2.45) is 5.73 Å². The molecule has 0 radical (unpaired) electrons. The summed E-state index contributed by atoms with van der Waals surface area (Å²) < 4.78 is 0. The van der Waals surface area contributed by atoms with E-state index < -0.39 is 5.91 Å². The van der Waals surface area contributed by atoms with E-state index in [0.29, 0.717) is 5.56 Å². The van der Waals surface area contributed by atoms with Gasteiger partial charge in [0.05, 0.1) is 5.56 Å². The minimum atomic E-state index is -0.459. The van der Waals surface area contributed by atoms with Crippen LogP contribution in [0.5, 0.6) is 0 Å². The molecule has 0 aromatic carbocycles. The molecule has 1 heterocycles. The Hall–Kier alpha value is -1.62. The van der Waals surface area contributed by atoms with Gasteiger partial charge in [0.25, 0.3) is 0 Å². The first-order chi connectivity index (χ1) is 6.74. The number of anilines is 1. The lowest BCUT2D eigenvalue weighted by Gasteiger charge is -2.04. The molecule has 76 valence electrons. The molecule has 0 aliphatic carbocycles. The Bertz CT molecular complexity index is 296. The second-order valence-corrected chi connectivity index (χ2v) is 2.83. The number of nitrogens with one attached hydrogen (secondary N) is 2. The van der Waals surface area contributed by atoms with Crippen LogP contribution in [0.3, 0.4) is 0 Å². The Balaban J connectivity index is 2.51. The number of nitrogens with zero attached hydrogens (tertiary/aromatic N) is 1. The van der Waals surface area contributed by atoms with E-state index in [1.807, 2.05) is 7.05 Å². The number of rotatable bonds is 5. The molecular weight excluding hydrogens is 180 g/mol. The van der Waals surface area contributed by atoms with Gasteiger partial charge in [0.1, 0.15) is 5.82 Å². The number of aromatic nitrogens is 1. The topological polar surface area (TPSA) is 80.0 Å². The normalized spacial score (nSPS) is 9.79. The molecule has 1 rings (SSSR count). The highest BCUT2D eigenvalue weighted by molar-refractivity contribution is 5.92. The smallest absolute Gasteiger partial charge is 0.250 e. The van der Waals surface area contributed by atoms with Crippen molar-refractivity contribution in [3.8, 4) is 0 Å². The minimum Gasteiger partial charge on any atom is -0.369 e. The van der Waals surface area contributed by atoms with Crippen molar-refractivity contribution in [1.29, 1.82) is 0 Å². The van der Waals surface area contributed by atoms with Crippen molar-refractivity contribution in [3.63, 3.8) is 0 Å². The standard InChI is InChI=1S/C9H14N4O/c1-11-4-5-12-8-3-2-7(6-13-8)9(10)14/h2-3,6,11H,4-5H2,1H3,(H2,10,14)(H,12,13). The highest BCUT2D eigenvalue weighted by Gasteiger charge is 1.99. The van der Waals surface area contributed by atoms with Crippen molar-refractivity contribution >= 4 is 11.7 Å². The van der Waals surface area contributed by atoms with E-state index in [1.54, 1.807) is 12.1 Å². The molecule has 14 heavy (non-hydrogen) atoms. The third-order valence-electron chi connectivity index (χ3n) is 1.73. The average molecular weight is 194 g/mol. The van der Waals surface area contributed by atoms with Gasteiger partial charge in [-0.05, 0) is 19.2 Å². The maximum absolute atomic E-state index is 10.7. The van der Waals surface area contributed by atoms with Crippen LogP contribution in [0.4, 0.5) is 5.82 Å². The highest BCUT2D eigenvalue weighted by atomic mass is 16.1. The first-order valence-corrected chi connectivity index (χ1v) is 4.38. The Labute approximate surface area is 82.7 Å². The van der Waals surface area contributed by atoms with Crippen LogP contribution in [-0.2, 0) is 0 Å². The Morgan fingerprint density at radius 3 is 2.79 bits per heavy atom. The molecule has 4 N–H and O–H groups in total. The molecule has 0 unspecified atom stereocenters. The van der Waals surface area contributed by atoms with Crippen LogP contribution in [0.2, 0.25) is 0 Å². The van der Waals surface area contributed by atoms with E-state index in [2.05, 4.69) is 15.6 Å². The second kappa shape index (κ2) is 5.18. The maximum atomic E-state index is 10.7. The van der Waals surface area contributed by atoms with Gasteiger partial charge in [-0.3, -0.25) is 4.79 Å². The maximum Gasteiger partial charge on any atom is 0.250 e. The molecular formula is C9H14N4O. The first kappa shape index (κ1) is 10.5. The summed E-state index contributed by atoms with van der Waals surface area (Å²) in [5, 5.41) is 6.09. The number of nitrogens with two attached hydrogens (primary N) is 1. The summed E-state index contributed by atoms with van der Waals surface area (Å²) >= 11 is 0. The van der Waals surface area contributed by atoms with Gasteiger partial charge in [0.2, 0.25) is 5.91 Å². The zero-order chi connectivity index (χ0) is 10.4. The monoisotopic (exact) mass is 194 g/mol. The number of carbonyl (C=O) groups excluding carboxylic acids is 1. The van der Waals surface area contributed by atoms with Gasteiger partial charge in [-0.15, -0.1) is 0 Å². The number of pyridine rings is 1. The van der Waals surface area contributed by atoms with Crippen LogP contribution < -0.4 is 16.4 Å². The molecule has 0 aliphatic rings. The fraction of sp³-hybridized carbons (Fsp3) is 0.333. The summed E-state index contributed by atoms with van der Waals surface area (Å²) in [6.45, 7) is 1.65. The van der Waals surface area contributed by atoms with Crippen molar-refractivity contribution in [3.05, 3.63) is 23.9 Å². The number of amides is 1. The number of hydrogen-bond donors (Lipinski definition) is 3. The lowest BCUT2D eigenvalue weighted by atomic mass is 10.3. The van der Waals surface area contributed by atoms with Gasteiger partial charge in [-0.2, -0.15) is 0 Å². The van der Waals surface area contributed by atoms with Gasteiger partial charge in [-0.25, -0.2) is 4.98 Å². The summed E-state index contributed by atoms with van der Waals surface area (Å²) in [5.41, 5.74) is 5.50. The number of likely N-dealkylation sites (N-methyl/N-ethyl adjacent to an activating group) is 1. The van der Waals surface area contributed by atoms with Crippen LogP contribution in [0.1, 0.15) is 10.4 Å². The number of carbonyl (C=O) groups is 1. The van der Waals surface area contributed by atoms with Gasteiger partial charge in [0.15, 0.2) is 0 Å². The van der Waals surface area contributed by atoms with Crippen LogP contribution in [0, 0.1) is 0 Å². The summed E-state index contributed by atoms with van der Waals surface area (Å²) in [7, 11) is 1.88. The van der Waals surface area contributed by atoms with E-state index in [4.69, 9.17) is 5.73 Å². The molecule has 0 atom stereocenters. The van der Waals surface area contributed by atoms with E-state index in [0.717, 1.165) is 18.9 Å². The molecule has 1 aromatic heterocycles. The van der Waals surface area contributed by atoms with Crippen LogP contribution in [0.15, 0.2) is 18.3 Å². The predicted molar refractivity (Wildman–Crippen MR) is 55.2 cm³/mol. The average Bonchev–Trinajstić information content (AvgIpc) is 2.19. The third kappa shape index (κ3) is 3.02. The largest absolute Gasteiger partial charge is 0.369 e. The summed E-state index contributed by atoms with van der Waals surface area (Å²) in [5.74, 6) is 0.282. The Morgan fingerprint density at radius 1 is 1.50 bits per heavy atom. The quantitative estimate of drug-likeness (QED) is 0.568. The molecule has 0 saturated carbocycles. The fourth-order valence-corrected chi connectivity index (χ4v) is 0.960. The van der Waals surface area contributed by atoms with Gasteiger partial charge in [0, 0.05) is 19.3 Å². The molecule has 0 bridgehead atoms. The van der Waals surface area contributed by atoms with E-state index in [-0.39, 0.29) is 0 Å². The van der Waals surface area contributed by atoms with Gasteiger partial charge in [-0.1, -0.05) is 0 Å². The van der Waals surface area contributed by atoms with Crippen molar-refractivity contribution in [2.45, 2.75) is 0 Å². The summed E-state index contributed by atoms with van der Waals surface area (Å²) in [6, 6.07) is 3.38. The fourth-order valence-electron chi connectivity index (χ4n) is 0.960. The van der Waals surface area contributed by atoms with E-state index >= 15 is 0 Å². The Kier molecular flexibility index (Phi) is 3.87. The van der Waals surface area contributed by atoms with E-state index in [9.17, 15) is 4.79 Å². The molecule has 5 heteroatoms. The zero-order valence-corrected chi connectivity index (χ0v) is 8.08. The third-order valence-corrected chi connectivity index (χ3v) is 1.73. The minimum absolute atomic E-state index is 0.421. The van der Waals surface area contributed by atoms with Gasteiger partial charge >= 0.3 is 0 Å². The molecule has 0 spiro atoms. The van der Waals surface area contributed by atoms with Crippen LogP contribution in [-0.4, -0.2) is 31.0 Å². The lowest BCUT2D eigenvalue weighted by Crippen LogP contribution is -2.18. The van der Waals surface area contributed by atoms with E-state index in [1.165, 1.54) is 6.20 Å². The molecule has 1 aromatic rings. The number of hydrogen-bond acceptors (Lipinski definition) is 4. The second-order valence-electron chi connectivity index (χ2n) is 2.83. The summed E-state index contributed by atoms with van der Waals surface area (Å²) in [6.07, 6.45) is 1.46. The van der Waals surface area contributed by atoms with Gasteiger partial charge < -0.3 is 16.4 Å². The van der Waals surface area contributed by atoms with Crippen molar-refractivity contribution in [2.75, 3.05) is 25.5 Å². The number of primary amides is 1. The molecule has 1 amide bonds. The van der Waals surface area contributed by atoms with Crippen LogP contribution >= 0.6 is 0 Å². The first-order valence-electron chi connectivity index (χ1n) is 4.38.